The van der Waals surface area contributed by atoms with E-state index in [0.29, 0.717) is 26.4 Å². The zero-order chi connectivity index (χ0) is 14.8. The van der Waals surface area contributed by atoms with Crippen molar-refractivity contribution in [2.45, 2.75) is 22.1 Å². The van der Waals surface area contributed by atoms with Gasteiger partial charge in [0, 0.05) is 0 Å². The molecule has 0 aliphatic rings. The molecule has 0 aliphatic heterocycles. The van der Waals surface area contributed by atoms with Crippen LogP contribution in [0, 0.1) is 0 Å². The van der Waals surface area contributed by atoms with E-state index in [0.717, 1.165) is 11.5 Å². The maximum absolute atomic E-state index is 5.56. The van der Waals surface area contributed by atoms with Crippen LogP contribution in [0.2, 0.25) is 0 Å². The lowest BCUT2D eigenvalue weighted by Crippen LogP contribution is -2.10. The molecule has 114 valence electrons. The zero-order valence-electron chi connectivity index (χ0n) is 11.7. The first-order valence-corrected chi connectivity index (χ1v) is 8.94. The van der Waals surface area contributed by atoms with Crippen LogP contribution in [0.15, 0.2) is 24.3 Å². The molecule has 20 heavy (non-hydrogen) atoms. The van der Waals surface area contributed by atoms with Crippen molar-refractivity contribution < 1.29 is 18.9 Å². The molecule has 0 fully saturated rings. The minimum Gasteiger partial charge on any atom is -0.491 e. The normalized spacial score (nSPS) is 13.8. The predicted molar refractivity (Wildman–Crippen MR) is 96.3 cm³/mol. The van der Waals surface area contributed by atoms with Crippen LogP contribution in [0.5, 0.6) is 11.5 Å². The quantitative estimate of drug-likeness (QED) is 0.273. The van der Waals surface area contributed by atoms with Crippen LogP contribution in [-0.4, -0.2) is 34.6 Å². The average Bonchev–Trinajstić information content (AvgIpc) is 2.41. The number of benzene rings is 1. The summed E-state index contributed by atoms with van der Waals surface area (Å²) in [5.41, 5.74) is 0. The highest BCUT2D eigenvalue weighted by Gasteiger charge is 1.99. The van der Waals surface area contributed by atoms with Crippen molar-refractivity contribution in [3.63, 3.8) is 0 Å². The largest absolute Gasteiger partial charge is 0.491 e. The summed E-state index contributed by atoms with van der Waals surface area (Å²) in [6, 6.07) is 7.57. The molecule has 0 saturated carbocycles. The Hall–Kier alpha value is 0.200. The SMILES string of the molecule is CC(I)OCCOc1ccc(OCCOC(C)I)cc1. The van der Waals surface area contributed by atoms with Crippen molar-refractivity contribution in [3.05, 3.63) is 24.3 Å². The van der Waals surface area contributed by atoms with Gasteiger partial charge in [0.05, 0.1) is 13.2 Å². The molecular formula is C14H20I2O4. The second-order valence-corrected chi connectivity index (χ2v) is 7.50. The smallest absolute Gasteiger partial charge is 0.119 e. The molecular weight excluding hydrogens is 486 g/mol. The number of ether oxygens (including phenoxy) is 4. The Morgan fingerprint density at radius 2 is 1.10 bits per heavy atom. The first-order chi connectivity index (χ1) is 9.58. The van der Waals surface area contributed by atoms with Gasteiger partial charge in [0.2, 0.25) is 0 Å². The van der Waals surface area contributed by atoms with Gasteiger partial charge in [-0.25, -0.2) is 0 Å². The predicted octanol–water partition coefficient (Wildman–Crippen LogP) is 4.04. The van der Waals surface area contributed by atoms with Crippen LogP contribution < -0.4 is 9.47 Å². The molecule has 0 saturated heterocycles. The Morgan fingerprint density at radius 3 is 1.40 bits per heavy atom. The number of hydrogen-bond acceptors (Lipinski definition) is 4. The Bertz CT molecular complexity index is 320. The minimum atomic E-state index is 0.208. The highest BCUT2D eigenvalue weighted by Crippen LogP contribution is 2.17. The molecule has 0 aliphatic carbocycles. The van der Waals surface area contributed by atoms with E-state index in [4.69, 9.17) is 18.9 Å². The number of alkyl halides is 2. The summed E-state index contributed by atoms with van der Waals surface area (Å²) in [6.07, 6.45) is 0. The van der Waals surface area contributed by atoms with E-state index < -0.39 is 0 Å². The Morgan fingerprint density at radius 1 is 0.750 bits per heavy atom. The Balaban J connectivity index is 2.19. The second kappa shape index (κ2) is 10.9. The van der Waals surface area contributed by atoms with Gasteiger partial charge in [0.15, 0.2) is 0 Å². The fourth-order valence-corrected chi connectivity index (χ4v) is 1.88. The first-order valence-electron chi connectivity index (χ1n) is 6.45. The van der Waals surface area contributed by atoms with Gasteiger partial charge in [-0.2, -0.15) is 0 Å². The van der Waals surface area contributed by atoms with Crippen molar-refractivity contribution in [3.8, 4) is 11.5 Å². The summed E-state index contributed by atoms with van der Waals surface area (Å²) < 4.78 is 22.3. The van der Waals surface area contributed by atoms with E-state index in [9.17, 15) is 0 Å². The van der Waals surface area contributed by atoms with Gasteiger partial charge in [-0.1, -0.05) is 45.2 Å². The van der Waals surface area contributed by atoms with Crippen molar-refractivity contribution in [1.29, 1.82) is 0 Å². The lowest BCUT2D eigenvalue weighted by Gasteiger charge is -2.10. The minimum absolute atomic E-state index is 0.208. The van der Waals surface area contributed by atoms with Crippen molar-refractivity contribution in [2.75, 3.05) is 26.4 Å². The highest BCUT2D eigenvalue weighted by molar-refractivity contribution is 14.1. The standard InChI is InChI=1S/C14H20I2O4/c1-11(15)17-7-9-19-13-3-5-14(6-4-13)20-10-8-18-12(2)16/h3-6,11-12H,7-10H2,1-2H3. The number of rotatable bonds is 10. The summed E-state index contributed by atoms with van der Waals surface area (Å²) in [5, 5.41) is 0. The van der Waals surface area contributed by atoms with Gasteiger partial charge in [-0.15, -0.1) is 0 Å². The molecule has 1 aromatic rings. The van der Waals surface area contributed by atoms with E-state index in [2.05, 4.69) is 45.2 Å². The molecule has 0 radical (unpaired) electrons. The van der Waals surface area contributed by atoms with Crippen molar-refractivity contribution >= 4 is 45.2 Å². The third kappa shape index (κ3) is 9.19. The molecule has 0 N–H and O–H groups in total. The monoisotopic (exact) mass is 506 g/mol. The molecule has 2 unspecified atom stereocenters. The van der Waals surface area contributed by atoms with Gasteiger partial charge >= 0.3 is 0 Å². The Kier molecular flexibility index (Phi) is 9.91. The van der Waals surface area contributed by atoms with Crippen LogP contribution in [-0.2, 0) is 9.47 Å². The fraction of sp³-hybridized carbons (Fsp3) is 0.571. The van der Waals surface area contributed by atoms with Crippen LogP contribution >= 0.6 is 45.2 Å². The van der Waals surface area contributed by atoms with Gasteiger partial charge in [0.25, 0.3) is 0 Å². The van der Waals surface area contributed by atoms with E-state index in [1.54, 1.807) is 0 Å². The molecule has 1 rings (SSSR count). The lowest BCUT2D eigenvalue weighted by molar-refractivity contribution is 0.0986. The molecule has 4 nitrogen and oxygen atoms in total. The van der Waals surface area contributed by atoms with Crippen LogP contribution in [0.1, 0.15) is 13.8 Å². The van der Waals surface area contributed by atoms with E-state index in [-0.39, 0.29) is 8.22 Å². The maximum Gasteiger partial charge on any atom is 0.119 e. The molecule has 0 spiro atoms. The first kappa shape index (κ1) is 18.2. The van der Waals surface area contributed by atoms with Crippen molar-refractivity contribution in [2.24, 2.45) is 0 Å². The zero-order valence-corrected chi connectivity index (χ0v) is 16.0. The van der Waals surface area contributed by atoms with Gasteiger partial charge in [0.1, 0.15) is 32.9 Å². The molecule has 1 aromatic carbocycles. The van der Waals surface area contributed by atoms with Crippen molar-refractivity contribution in [1.82, 2.24) is 0 Å². The fourth-order valence-electron chi connectivity index (χ4n) is 1.37. The third-order valence-corrected chi connectivity index (χ3v) is 2.94. The lowest BCUT2D eigenvalue weighted by atomic mass is 10.3. The molecule has 6 heteroatoms. The van der Waals surface area contributed by atoms with Gasteiger partial charge < -0.3 is 18.9 Å². The molecule has 0 aromatic heterocycles. The van der Waals surface area contributed by atoms with E-state index in [1.165, 1.54) is 0 Å². The average molecular weight is 506 g/mol. The van der Waals surface area contributed by atoms with E-state index in [1.807, 2.05) is 38.1 Å². The summed E-state index contributed by atoms with van der Waals surface area (Å²) in [6.45, 7) is 6.27. The number of hydrogen-bond donors (Lipinski definition) is 0. The summed E-state index contributed by atoms with van der Waals surface area (Å²) in [5.74, 6) is 1.64. The number of halogens is 2. The van der Waals surface area contributed by atoms with Crippen LogP contribution in [0.25, 0.3) is 0 Å². The third-order valence-electron chi connectivity index (χ3n) is 2.22. The van der Waals surface area contributed by atoms with Gasteiger partial charge in [-0.3, -0.25) is 0 Å². The van der Waals surface area contributed by atoms with E-state index >= 15 is 0 Å². The summed E-state index contributed by atoms with van der Waals surface area (Å²) >= 11 is 4.43. The van der Waals surface area contributed by atoms with Gasteiger partial charge in [-0.05, 0) is 38.1 Å². The Labute approximate surface area is 147 Å². The molecule has 2 atom stereocenters. The van der Waals surface area contributed by atoms with Crippen LogP contribution in [0.3, 0.4) is 0 Å². The molecule has 0 heterocycles. The molecule has 0 bridgehead atoms. The summed E-state index contributed by atoms with van der Waals surface area (Å²) in [4.78, 5) is 0. The maximum atomic E-state index is 5.56. The molecule has 0 amide bonds. The summed E-state index contributed by atoms with van der Waals surface area (Å²) in [7, 11) is 0. The second-order valence-electron chi connectivity index (χ2n) is 4.00. The topological polar surface area (TPSA) is 36.9 Å². The van der Waals surface area contributed by atoms with Crippen LogP contribution in [0.4, 0.5) is 0 Å². The highest BCUT2D eigenvalue weighted by atomic mass is 127.